The third-order valence-corrected chi connectivity index (χ3v) is 3.98. The van der Waals surface area contributed by atoms with Crippen LogP contribution >= 0.6 is 0 Å². The normalized spacial score (nSPS) is 18.8. The van der Waals surface area contributed by atoms with Crippen LogP contribution in [0.5, 0.6) is 0 Å². The summed E-state index contributed by atoms with van der Waals surface area (Å²) in [6.07, 6.45) is -0.495. The largest absolute Gasteiger partial charge is 0.401 e. The Hall–Kier alpha value is -1.49. The van der Waals surface area contributed by atoms with Crippen LogP contribution in [-0.2, 0) is 0 Å². The van der Waals surface area contributed by atoms with Crippen LogP contribution in [0.15, 0.2) is 36.5 Å². The lowest BCUT2D eigenvalue weighted by Gasteiger charge is -2.33. The smallest absolute Gasteiger partial charge is 0.344 e. The Bertz CT molecular complexity index is 580. The molecule has 1 aromatic carbocycles. The van der Waals surface area contributed by atoms with Crippen LogP contribution in [0.2, 0.25) is 0 Å². The molecule has 20 heavy (non-hydrogen) atoms. The summed E-state index contributed by atoms with van der Waals surface area (Å²) in [5.41, 5.74) is 1.17. The molecular weight excluding hydrogens is 265 g/mol. The molecular formula is C15H17F3N2. The van der Waals surface area contributed by atoms with Gasteiger partial charge in [0.05, 0.1) is 6.54 Å². The maximum Gasteiger partial charge on any atom is 0.401 e. The fraction of sp³-hybridized carbons (Fsp3) is 0.467. The van der Waals surface area contributed by atoms with E-state index in [0.717, 1.165) is 12.8 Å². The second kappa shape index (κ2) is 5.13. The molecule has 1 aromatic heterocycles. The predicted molar refractivity (Wildman–Crippen MR) is 72.7 cm³/mol. The lowest BCUT2D eigenvalue weighted by atomic mass is 10.0. The van der Waals surface area contributed by atoms with Gasteiger partial charge in [0.1, 0.15) is 0 Å². The van der Waals surface area contributed by atoms with Crippen molar-refractivity contribution in [2.24, 2.45) is 0 Å². The third kappa shape index (κ3) is 2.82. The minimum atomic E-state index is -4.09. The molecule has 0 radical (unpaired) electrons. The molecule has 0 aliphatic carbocycles. The summed E-state index contributed by atoms with van der Waals surface area (Å²) in [6.45, 7) is 0.236. The number of nitrogens with zero attached hydrogens (tertiary/aromatic N) is 2. The SMILES string of the molecule is FC(F)(F)CN1CCC(n2ccc3ccccc32)CC1. The first-order chi connectivity index (χ1) is 9.53. The minimum absolute atomic E-state index is 0.305. The van der Waals surface area contributed by atoms with E-state index in [-0.39, 0.29) is 0 Å². The fourth-order valence-electron chi connectivity index (χ4n) is 3.03. The number of likely N-dealkylation sites (tertiary alicyclic amines) is 1. The Morgan fingerprint density at radius 3 is 2.45 bits per heavy atom. The molecule has 0 saturated carbocycles. The van der Waals surface area contributed by atoms with Gasteiger partial charge in [-0.15, -0.1) is 0 Å². The lowest BCUT2D eigenvalue weighted by molar-refractivity contribution is -0.148. The van der Waals surface area contributed by atoms with E-state index in [4.69, 9.17) is 0 Å². The molecule has 1 saturated heterocycles. The zero-order valence-corrected chi connectivity index (χ0v) is 11.1. The van der Waals surface area contributed by atoms with E-state index in [9.17, 15) is 13.2 Å². The fourth-order valence-corrected chi connectivity index (χ4v) is 3.03. The van der Waals surface area contributed by atoms with Gasteiger partial charge in [-0.25, -0.2) is 0 Å². The van der Waals surface area contributed by atoms with Crippen molar-refractivity contribution in [2.45, 2.75) is 25.1 Å². The molecule has 2 aromatic rings. The molecule has 0 spiro atoms. The highest BCUT2D eigenvalue weighted by Crippen LogP contribution is 2.29. The number of alkyl halides is 3. The van der Waals surface area contributed by atoms with E-state index in [2.05, 4.69) is 29.0 Å². The van der Waals surface area contributed by atoms with Crippen molar-refractivity contribution in [1.82, 2.24) is 9.47 Å². The zero-order valence-electron chi connectivity index (χ0n) is 11.1. The van der Waals surface area contributed by atoms with E-state index >= 15 is 0 Å². The maximum atomic E-state index is 12.4. The molecule has 0 atom stereocenters. The molecule has 5 heteroatoms. The molecule has 0 N–H and O–H groups in total. The molecule has 0 amide bonds. The Balaban J connectivity index is 1.69. The van der Waals surface area contributed by atoms with Crippen LogP contribution in [-0.4, -0.2) is 35.3 Å². The quantitative estimate of drug-likeness (QED) is 0.812. The van der Waals surface area contributed by atoms with Crippen LogP contribution in [0, 0.1) is 0 Å². The first kappa shape index (κ1) is 13.5. The number of benzene rings is 1. The van der Waals surface area contributed by atoms with E-state index < -0.39 is 12.7 Å². The number of halogens is 3. The van der Waals surface area contributed by atoms with Gasteiger partial charge in [-0.1, -0.05) is 18.2 Å². The molecule has 1 aliphatic heterocycles. The van der Waals surface area contributed by atoms with Crippen LogP contribution < -0.4 is 0 Å². The van der Waals surface area contributed by atoms with Crippen molar-refractivity contribution in [2.75, 3.05) is 19.6 Å². The van der Waals surface area contributed by atoms with Gasteiger partial charge in [-0.05, 0) is 30.4 Å². The van der Waals surface area contributed by atoms with Crippen molar-refractivity contribution in [3.05, 3.63) is 36.5 Å². The molecule has 1 fully saturated rings. The van der Waals surface area contributed by atoms with Crippen LogP contribution in [0.3, 0.4) is 0 Å². The average Bonchev–Trinajstić information content (AvgIpc) is 2.82. The topological polar surface area (TPSA) is 8.17 Å². The lowest BCUT2D eigenvalue weighted by Crippen LogP contribution is -2.40. The standard InChI is InChI=1S/C15H17F3N2/c16-15(17,18)11-19-8-6-13(7-9-19)20-10-5-12-3-1-2-4-14(12)20/h1-5,10,13H,6-9,11H2. The summed E-state index contributed by atoms with van der Waals surface area (Å²) in [6, 6.07) is 10.5. The van der Waals surface area contributed by atoms with Gasteiger partial charge < -0.3 is 4.57 Å². The van der Waals surface area contributed by atoms with Crippen molar-refractivity contribution in [1.29, 1.82) is 0 Å². The summed E-state index contributed by atoms with van der Waals surface area (Å²) in [7, 11) is 0. The van der Waals surface area contributed by atoms with Gasteiger partial charge in [-0.2, -0.15) is 13.2 Å². The number of piperidine rings is 1. The van der Waals surface area contributed by atoms with Gasteiger partial charge >= 0.3 is 6.18 Å². The summed E-state index contributed by atoms with van der Waals surface area (Å²) in [5, 5.41) is 1.19. The highest BCUT2D eigenvalue weighted by molar-refractivity contribution is 5.80. The van der Waals surface area contributed by atoms with Gasteiger partial charge in [-0.3, -0.25) is 4.90 Å². The van der Waals surface area contributed by atoms with Crippen LogP contribution in [0.4, 0.5) is 13.2 Å². The first-order valence-corrected chi connectivity index (χ1v) is 6.88. The molecule has 2 heterocycles. The van der Waals surface area contributed by atoms with E-state index in [0.29, 0.717) is 19.1 Å². The van der Waals surface area contributed by atoms with Crippen molar-refractivity contribution in [3.63, 3.8) is 0 Å². The molecule has 2 nitrogen and oxygen atoms in total. The summed E-state index contributed by atoms with van der Waals surface area (Å²) >= 11 is 0. The number of rotatable bonds is 2. The average molecular weight is 282 g/mol. The maximum absolute atomic E-state index is 12.4. The van der Waals surface area contributed by atoms with E-state index in [1.165, 1.54) is 15.8 Å². The highest BCUT2D eigenvalue weighted by atomic mass is 19.4. The minimum Gasteiger partial charge on any atom is -0.344 e. The molecule has 0 unspecified atom stereocenters. The van der Waals surface area contributed by atoms with Crippen molar-refractivity contribution in [3.8, 4) is 0 Å². The van der Waals surface area contributed by atoms with Gasteiger partial charge in [0.15, 0.2) is 0 Å². The Kier molecular flexibility index (Phi) is 3.46. The van der Waals surface area contributed by atoms with Gasteiger partial charge in [0.2, 0.25) is 0 Å². The second-order valence-corrected chi connectivity index (χ2v) is 5.40. The Morgan fingerprint density at radius 2 is 1.75 bits per heavy atom. The summed E-state index contributed by atoms with van der Waals surface area (Å²) in [4.78, 5) is 1.50. The van der Waals surface area contributed by atoms with E-state index in [1.807, 2.05) is 12.1 Å². The number of aromatic nitrogens is 1. The molecule has 108 valence electrons. The van der Waals surface area contributed by atoms with Gasteiger partial charge in [0, 0.05) is 30.8 Å². The van der Waals surface area contributed by atoms with Crippen molar-refractivity contribution < 1.29 is 13.2 Å². The number of hydrogen-bond acceptors (Lipinski definition) is 1. The second-order valence-electron chi connectivity index (χ2n) is 5.40. The number of hydrogen-bond donors (Lipinski definition) is 0. The van der Waals surface area contributed by atoms with Crippen LogP contribution in [0.1, 0.15) is 18.9 Å². The Labute approximate surface area is 115 Å². The van der Waals surface area contributed by atoms with E-state index in [1.54, 1.807) is 0 Å². The third-order valence-electron chi connectivity index (χ3n) is 3.98. The first-order valence-electron chi connectivity index (χ1n) is 6.88. The zero-order chi connectivity index (χ0) is 14.2. The highest BCUT2D eigenvalue weighted by Gasteiger charge is 2.32. The van der Waals surface area contributed by atoms with Gasteiger partial charge in [0.25, 0.3) is 0 Å². The van der Waals surface area contributed by atoms with Crippen molar-refractivity contribution >= 4 is 10.9 Å². The molecule has 0 bridgehead atoms. The predicted octanol–water partition coefficient (Wildman–Crippen LogP) is 3.84. The Morgan fingerprint density at radius 1 is 1.05 bits per heavy atom. The van der Waals surface area contributed by atoms with Crippen LogP contribution in [0.25, 0.3) is 10.9 Å². The molecule has 3 rings (SSSR count). The summed E-state index contributed by atoms with van der Waals surface area (Å²) < 4.78 is 39.3. The molecule has 1 aliphatic rings. The monoisotopic (exact) mass is 282 g/mol. The number of fused-ring (bicyclic) bond motifs is 1. The summed E-state index contributed by atoms with van der Waals surface area (Å²) in [5.74, 6) is 0. The number of para-hydroxylation sites is 1.